The van der Waals surface area contributed by atoms with Gasteiger partial charge in [-0.3, -0.25) is 0 Å². The minimum Gasteiger partial charge on any atom is -0.216 e. The second kappa shape index (κ2) is 2.32. The SMILES string of the molecule is C[SiH]C(F)F. The lowest BCUT2D eigenvalue weighted by Gasteiger charge is -1.80. The summed E-state index contributed by atoms with van der Waals surface area (Å²) in [7, 11) is -0.602. The van der Waals surface area contributed by atoms with Crippen LogP contribution in [0.1, 0.15) is 0 Å². The number of hydrogen-bond acceptors (Lipinski definition) is 0. The molecule has 0 rings (SSSR count). The van der Waals surface area contributed by atoms with Crippen LogP contribution < -0.4 is 0 Å². The van der Waals surface area contributed by atoms with E-state index in [4.69, 9.17) is 0 Å². The molecule has 0 nitrogen and oxygen atoms in total. The molecule has 0 bridgehead atoms. The fourth-order valence-electron chi connectivity index (χ4n) is 0. The number of halogens is 2. The fourth-order valence-corrected chi connectivity index (χ4v) is 0. The molecule has 0 saturated heterocycles. The van der Waals surface area contributed by atoms with E-state index in [2.05, 4.69) is 0 Å². The molecule has 0 spiro atoms. The van der Waals surface area contributed by atoms with Gasteiger partial charge in [-0.05, 0) is 0 Å². The Morgan fingerprint density at radius 1 is 1.60 bits per heavy atom. The van der Waals surface area contributed by atoms with E-state index in [1.165, 1.54) is 6.55 Å². The molecule has 0 aromatic heterocycles. The molecule has 3 heteroatoms. The average molecular weight is 95.1 g/mol. The van der Waals surface area contributed by atoms with E-state index in [1.807, 2.05) is 0 Å². The lowest BCUT2D eigenvalue weighted by atomic mass is 11.7. The summed E-state index contributed by atoms with van der Waals surface area (Å²) in [6.07, 6.45) is 0. The Hall–Kier alpha value is 0.0769. The quantitative estimate of drug-likeness (QED) is 0.420. The Morgan fingerprint density at radius 2 is 1.80 bits per heavy atom. The van der Waals surface area contributed by atoms with Gasteiger partial charge in [0.1, 0.15) is 9.52 Å². The molecule has 0 amide bonds. The average Bonchev–Trinajstić information content (AvgIpc) is 1.38. The van der Waals surface area contributed by atoms with Gasteiger partial charge in [0.2, 0.25) is 6.05 Å². The molecule has 0 heterocycles. The molecular formula is C2H5F2Si. The van der Waals surface area contributed by atoms with Crippen LogP contribution in [-0.4, -0.2) is 15.6 Å². The number of alkyl halides is 2. The summed E-state index contributed by atoms with van der Waals surface area (Å²) >= 11 is 0. The molecular weight excluding hydrogens is 90.1 g/mol. The largest absolute Gasteiger partial charge is 0.216 e. The Bertz CT molecular complexity index is 21.6. The van der Waals surface area contributed by atoms with Crippen LogP contribution in [0.15, 0.2) is 0 Å². The molecule has 0 unspecified atom stereocenters. The summed E-state index contributed by atoms with van der Waals surface area (Å²) in [5, 5.41) is 0. The highest BCUT2D eigenvalue weighted by Gasteiger charge is 1.92. The van der Waals surface area contributed by atoms with Crippen LogP contribution in [0.4, 0.5) is 8.78 Å². The highest BCUT2D eigenvalue weighted by atomic mass is 28.2. The monoisotopic (exact) mass is 95.0 g/mol. The molecule has 5 heavy (non-hydrogen) atoms. The third-order valence-electron chi connectivity index (χ3n) is 0.252. The van der Waals surface area contributed by atoms with E-state index in [-0.39, 0.29) is 0 Å². The molecule has 0 atom stereocenters. The summed E-state index contributed by atoms with van der Waals surface area (Å²) in [4.78, 5) is 0. The van der Waals surface area contributed by atoms with Crippen LogP contribution in [0.25, 0.3) is 0 Å². The zero-order valence-electron chi connectivity index (χ0n) is 2.91. The van der Waals surface area contributed by atoms with E-state index in [1.54, 1.807) is 0 Å². The van der Waals surface area contributed by atoms with Gasteiger partial charge >= 0.3 is 0 Å². The first-order valence-electron chi connectivity index (χ1n) is 1.35. The van der Waals surface area contributed by atoms with Crippen LogP contribution in [0.2, 0.25) is 6.55 Å². The lowest BCUT2D eigenvalue weighted by Crippen LogP contribution is -1.95. The second-order valence-corrected chi connectivity index (χ2v) is 1.84. The van der Waals surface area contributed by atoms with E-state index in [0.717, 1.165) is 0 Å². The van der Waals surface area contributed by atoms with Gasteiger partial charge in [-0.15, -0.1) is 0 Å². The Labute approximate surface area is 32.0 Å². The fraction of sp³-hybridized carbons (Fsp3) is 1.00. The third-order valence-corrected chi connectivity index (χ3v) is 0.756. The molecule has 0 N–H and O–H groups in total. The Morgan fingerprint density at radius 3 is 1.80 bits per heavy atom. The summed E-state index contributed by atoms with van der Waals surface area (Å²) in [5.74, 6) is 0. The van der Waals surface area contributed by atoms with Crippen molar-refractivity contribution in [1.29, 1.82) is 0 Å². The van der Waals surface area contributed by atoms with Gasteiger partial charge < -0.3 is 0 Å². The summed E-state index contributed by atoms with van der Waals surface area (Å²) < 4.78 is 21.6. The highest BCUT2D eigenvalue weighted by Crippen LogP contribution is 1.84. The van der Waals surface area contributed by atoms with Crippen LogP contribution in [0.3, 0.4) is 0 Å². The highest BCUT2D eigenvalue weighted by molar-refractivity contribution is 6.34. The van der Waals surface area contributed by atoms with Crippen molar-refractivity contribution >= 4 is 9.52 Å². The van der Waals surface area contributed by atoms with Crippen LogP contribution in [0, 0.1) is 0 Å². The smallest absolute Gasteiger partial charge is 0.215 e. The molecule has 0 aromatic rings. The molecule has 0 aliphatic carbocycles. The Balaban J connectivity index is 2.54. The van der Waals surface area contributed by atoms with Gasteiger partial charge in [-0.1, -0.05) is 6.55 Å². The van der Waals surface area contributed by atoms with Crippen LogP contribution >= 0.6 is 0 Å². The molecule has 0 fully saturated rings. The maximum Gasteiger partial charge on any atom is 0.215 e. The first-order valence-corrected chi connectivity index (χ1v) is 3.17. The van der Waals surface area contributed by atoms with Gasteiger partial charge in [0.05, 0.1) is 0 Å². The second-order valence-electron chi connectivity index (χ2n) is 0.668. The minimum absolute atomic E-state index is 0.602. The maximum atomic E-state index is 10.8. The normalized spacial score (nSPS) is 9.60. The molecule has 0 aliphatic rings. The van der Waals surface area contributed by atoms with Crippen LogP contribution in [0.5, 0.6) is 0 Å². The first kappa shape index (κ1) is 5.08. The third kappa shape index (κ3) is 4.08. The van der Waals surface area contributed by atoms with Crippen molar-refractivity contribution in [3.63, 3.8) is 0 Å². The minimum atomic E-state index is -2.03. The van der Waals surface area contributed by atoms with Crippen molar-refractivity contribution in [2.45, 2.75) is 12.6 Å². The predicted molar refractivity (Wildman–Crippen MR) is 19.0 cm³/mol. The first-order chi connectivity index (χ1) is 2.27. The van der Waals surface area contributed by atoms with Crippen molar-refractivity contribution in [2.24, 2.45) is 0 Å². The molecule has 1 radical (unpaired) electrons. The van der Waals surface area contributed by atoms with Crippen LogP contribution in [-0.2, 0) is 0 Å². The summed E-state index contributed by atoms with van der Waals surface area (Å²) in [6, 6.07) is -2.03. The van der Waals surface area contributed by atoms with Gasteiger partial charge in [0, 0.05) is 0 Å². The van der Waals surface area contributed by atoms with Crippen molar-refractivity contribution in [2.75, 3.05) is 0 Å². The maximum absolute atomic E-state index is 10.8. The summed E-state index contributed by atoms with van der Waals surface area (Å²) in [6.45, 7) is 1.53. The van der Waals surface area contributed by atoms with Crippen molar-refractivity contribution < 1.29 is 8.78 Å². The molecule has 0 aliphatic heterocycles. The zero-order valence-corrected chi connectivity index (χ0v) is 4.07. The number of rotatable bonds is 1. The molecule has 31 valence electrons. The van der Waals surface area contributed by atoms with Gasteiger partial charge in [-0.25, -0.2) is 8.78 Å². The topological polar surface area (TPSA) is 0 Å². The van der Waals surface area contributed by atoms with E-state index in [0.29, 0.717) is 0 Å². The van der Waals surface area contributed by atoms with Crippen molar-refractivity contribution in [1.82, 2.24) is 0 Å². The zero-order chi connectivity index (χ0) is 4.28. The molecule has 0 aromatic carbocycles. The van der Waals surface area contributed by atoms with Gasteiger partial charge in [0.25, 0.3) is 0 Å². The summed E-state index contributed by atoms with van der Waals surface area (Å²) in [5.41, 5.74) is 0. The predicted octanol–water partition coefficient (Wildman–Crippen LogP) is 0.694. The van der Waals surface area contributed by atoms with E-state index >= 15 is 0 Å². The van der Waals surface area contributed by atoms with E-state index in [9.17, 15) is 8.78 Å². The van der Waals surface area contributed by atoms with Crippen molar-refractivity contribution in [3.05, 3.63) is 0 Å². The number of hydrogen-bond donors (Lipinski definition) is 0. The standard InChI is InChI=1S/C2H5F2Si/c1-5-2(3)4/h2,5H,1H3. The molecule has 0 saturated carbocycles. The van der Waals surface area contributed by atoms with Gasteiger partial charge in [-0.2, -0.15) is 0 Å². The van der Waals surface area contributed by atoms with Crippen molar-refractivity contribution in [3.8, 4) is 0 Å². The van der Waals surface area contributed by atoms with E-state index < -0.39 is 15.6 Å². The lowest BCUT2D eigenvalue weighted by molar-refractivity contribution is 0.238. The Kier molecular flexibility index (Phi) is 2.36. The van der Waals surface area contributed by atoms with Gasteiger partial charge in [0.15, 0.2) is 0 Å².